The second-order valence-electron chi connectivity index (χ2n) is 8.17. The Kier molecular flexibility index (Phi) is 6.12. The number of alkyl halides is 3. The van der Waals surface area contributed by atoms with Gasteiger partial charge in [0.1, 0.15) is 5.54 Å². The molecule has 1 aliphatic heterocycles. The SMILES string of the molecule is Cc1cc(C)cc(CC(=O)N2CCC2(C)C(=O)NS(=O)(=O)c2ccccc2C(F)(F)F)c1. The van der Waals surface area contributed by atoms with Crippen molar-refractivity contribution >= 4 is 21.8 Å². The molecule has 1 atom stereocenters. The fourth-order valence-corrected chi connectivity index (χ4v) is 5.16. The average Bonchev–Trinajstić information content (AvgIpc) is 2.64. The number of likely N-dealkylation sites (tertiary alicyclic amines) is 1. The monoisotopic (exact) mass is 468 g/mol. The summed E-state index contributed by atoms with van der Waals surface area (Å²) in [7, 11) is -4.81. The molecule has 1 saturated heterocycles. The Morgan fingerprint density at radius 1 is 1.09 bits per heavy atom. The Morgan fingerprint density at radius 3 is 2.22 bits per heavy atom. The number of hydrogen-bond acceptors (Lipinski definition) is 4. The van der Waals surface area contributed by atoms with E-state index in [1.807, 2.05) is 32.0 Å². The van der Waals surface area contributed by atoms with Gasteiger partial charge in [-0.2, -0.15) is 13.2 Å². The largest absolute Gasteiger partial charge is 0.417 e. The van der Waals surface area contributed by atoms with Crippen LogP contribution in [0.2, 0.25) is 0 Å². The standard InChI is InChI=1S/C22H23F3N2O4S/c1-14-10-15(2)12-16(11-14)13-19(28)27-9-8-21(27,3)20(29)26-32(30,31)18-7-5-4-6-17(18)22(23,24)25/h4-7,10-12H,8-9,13H2,1-3H3,(H,26,29). The molecule has 2 aromatic carbocycles. The molecule has 1 aliphatic rings. The van der Waals surface area contributed by atoms with Crippen LogP contribution in [0.3, 0.4) is 0 Å². The number of aryl methyl sites for hydroxylation is 2. The van der Waals surface area contributed by atoms with E-state index >= 15 is 0 Å². The summed E-state index contributed by atoms with van der Waals surface area (Å²) in [5.41, 5.74) is -0.135. The van der Waals surface area contributed by atoms with Crippen molar-refractivity contribution in [1.29, 1.82) is 0 Å². The van der Waals surface area contributed by atoms with E-state index in [9.17, 15) is 31.2 Å². The molecule has 2 amide bonds. The van der Waals surface area contributed by atoms with Gasteiger partial charge in [0.15, 0.2) is 0 Å². The maximum atomic E-state index is 13.2. The first-order valence-electron chi connectivity index (χ1n) is 9.85. The van der Waals surface area contributed by atoms with Crippen molar-refractivity contribution < 1.29 is 31.2 Å². The van der Waals surface area contributed by atoms with Crippen molar-refractivity contribution in [3.8, 4) is 0 Å². The summed E-state index contributed by atoms with van der Waals surface area (Å²) < 4.78 is 66.6. The van der Waals surface area contributed by atoms with Crippen molar-refractivity contribution in [3.05, 3.63) is 64.7 Å². The van der Waals surface area contributed by atoms with Crippen LogP contribution < -0.4 is 4.72 Å². The number of nitrogens with zero attached hydrogens (tertiary/aromatic N) is 1. The molecule has 0 saturated carbocycles. The van der Waals surface area contributed by atoms with Crippen LogP contribution in [0.4, 0.5) is 13.2 Å². The van der Waals surface area contributed by atoms with Crippen molar-refractivity contribution in [2.24, 2.45) is 0 Å². The Hall–Kier alpha value is -2.88. The molecule has 32 heavy (non-hydrogen) atoms. The molecule has 0 radical (unpaired) electrons. The minimum Gasteiger partial charge on any atom is -0.328 e. The van der Waals surface area contributed by atoms with Crippen LogP contribution in [0.25, 0.3) is 0 Å². The summed E-state index contributed by atoms with van der Waals surface area (Å²) in [6, 6.07) is 9.26. The molecule has 1 unspecified atom stereocenters. The smallest absolute Gasteiger partial charge is 0.328 e. The molecule has 0 aliphatic carbocycles. The summed E-state index contributed by atoms with van der Waals surface area (Å²) in [5.74, 6) is -1.42. The predicted molar refractivity (Wildman–Crippen MR) is 111 cm³/mol. The number of halogens is 3. The van der Waals surface area contributed by atoms with Gasteiger partial charge in [0.05, 0.1) is 16.9 Å². The van der Waals surface area contributed by atoms with E-state index < -0.39 is 38.1 Å². The van der Waals surface area contributed by atoms with E-state index in [1.54, 1.807) is 4.72 Å². The Balaban J connectivity index is 1.79. The molecule has 10 heteroatoms. The van der Waals surface area contributed by atoms with E-state index in [0.717, 1.165) is 34.9 Å². The molecule has 0 aromatic heterocycles. The van der Waals surface area contributed by atoms with Crippen LogP contribution in [0.15, 0.2) is 47.4 Å². The molecular formula is C22H23F3N2O4S. The van der Waals surface area contributed by atoms with Crippen molar-refractivity contribution in [2.45, 2.75) is 50.2 Å². The Labute approximate surface area is 184 Å². The third kappa shape index (κ3) is 4.64. The van der Waals surface area contributed by atoms with Crippen LogP contribution in [-0.2, 0) is 32.2 Å². The van der Waals surface area contributed by atoms with Gasteiger partial charge >= 0.3 is 6.18 Å². The van der Waals surface area contributed by atoms with E-state index in [0.29, 0.717) is 6.07 Å². The molecule has 3 rings (SSSR count). The number of carbonyl (C=O) groups excluding carboxylic acids is 2. The van der Waals surface area contributed by atoms with Crippen LogP contribution in [0.1, 0.15) is 35.6 Å². The maximum absolute atomic E-state index is 13.2. The van der Waals surface area contributed by atoms with Crippen molar-refractivity contribution in [1.82, 2.24) is 9.62 Å². The molecule has 0 spiro atoms. The van der Waals surface area contributed by atoms with Crippen LogP contribution in [-0.4, -0.2) is 37.2 Å². The van der Waals surface area contributed by atoms with Gasteiger partial charge < -0.3 is 4.90 Å². The quantitative estimate of drug-likeness (QED) is 0.730. The highest BCUT2D eigenvalue weighted by molar-refractivity contribution is 7.90. The van der Waals surface area contributed by atoms with Gasteiger partial charge in [-0.05, 0) is 44.9 Å². The number of sulfonamides is 1. The first-order chi connectivity index (χ1) is 14.7. The summed E-state index contributed by atoms with van der Waals surface area (Å²) in [4.78, 5) is 25.8. The zero-order chi connectivity index (χ0) is 23.9. The van der Waals surface area contributed by atoms with Gasteiger partial charge in [-0.3, -0.25) is 9.59 Å². The lowest BCUT2D eigenvalue weighted by molar-refractivity contribution is -0.156. The lowest BCUT2D eigenvalue weighted by atomic mass is 9.85. The Morgan fingerprint density at radius 2 is 1.69 bits per heavy atom. The first kappa shape index (κ1) is 23.8. The van der Waals surface area contributed by atoms with E-state index in [1.165, 1.54) is 11.8 Å². The molecule has 2 aromatic rings. The normalized spacial score (nSPS) is 18.8. The maximum Gasteiger partial charge on any atom is 0.417 e. The number of rotatable bonds is 5. The van der Waals surface area contributed by atoms with Gasteiger partial charge in [-0.1, -0.05) is 41.5 Å². The number of hydrogen-bond donors (Lipinski definition) is 1. The summed E-state index contributed by atoms with van der Waals surface area (Å²) in [6.45, 7) is 5.43. The molecule has 6 nitrogen and oxygen atoms in total. The molecule has 1 fully saturated rings. The number of benzene rings is 2. The molecule has 1 N–H and O–H groups in total. The fraction of sp³-hybridized carbons (Fsp3) is 0.364. The van der Waals surface area contributed by atoms with E-state index in [-0.39, 0.29) is 25.3 Å². The fourth-order valence-electron chi connectivity index (χ4n) is 3.86. The lowest BCUT2D eigenvalue weighted by Crippen LogP contribution is -2.68. The van der Waals surface area contributed by atoms with Crippen LogP contribution >= 0.6 is 0 Å². The van der Waals surface area contributed by atoms with Crippen LogP contribution in [0, 0.1) is 13.8 Å². The van der Waals surface area contributed by atoms with Gasteiger partial charge in [-0.15, -0.1) is 0 Å². The predicted octanol–water partition coefficient (Wildman–Crippen LogP) is 3.36. The molecule has 0 bridgehead atoms. The first-order valence-corrected chi connectivity index (χ1v) is 11.3. The number of nitrogens with one attached hydrogen (secondary N) is 1. The van der Waals surface area contributed by atoms with Gasteiger partial charge in [0.25, 0.3) is 15.9 Å². The van der Waals surface area contributed by atoms with Gasteiger partial charge in [-0.25, -0.2) is 13.1 Å². The lowest BCUT2D eigenvalue weighted by Gasteiger charge is -2.49. The highest BCUT2D eigenvalue weighted by atomic mass is 32.2. The summed E-state index contributed by atoms with van der Waals surface area (Å²) in [6.07, 6.45) is -4.70. The molecule has 1 heterocycles. The van der Waals surface area contributed by atoms with Gasteiger partial charge in [0.2, 0.25) is 5.91 Å². The number of carbonyl (C=O) groups is 2. The second kappa shape index (κ2) is 8.23. The second-order valence-corrected chi connectivity index (χ2v) is 9.82. The zero-order valence-corrected chi connectivity index (χ0v) is 18.6. The van der Waals surface area contributed by atoms with Crippen LogP contribution in [0.5, 0.6) is 0 Å². The van der Waals surface area contributed by atoms with Crippen molar-refractivity contribution in [3.63, 3.8) is 0 Å². The van der Waals surface area contributed by atoms with E-state index in [4.69, 9.17) is 0 Å². The Bertz CT molecular complexity index is 1160. The third-order valence-corrected chi connectivity index (χ3v) is 6.94. The summed E-state index contributed by atoms with van der Waals surface area (Å²) in [5, 5.41) is 0. The molecular weight excluding hydrogens is 445 g/mol. The average molecular weight is 468 g/mol. The van der Waals surface area contributed by atoms with Crippen molar-refractivity contribution in [2.75, 3.05) is 6.54 Å². The summed E-state index contributed by atoms with van der Waals surface area (Å²) >= 11 is 0. The van der Waals surface area contributed by atoms with E-state index in [2.05, 4.69) is 0 Å². The zero-order valence-electron chi connectivity index (χ0n) is 17.8. The highest BCUT2D eigenvalue weighted by Gasteiger charge is 2.50. The minimum absolute atomic E-state index is 0.0229. The topological polar surface area (TPSA) is 83.6 Å². The molecule has 172 valence electrons. The highest BCUT2D eigenvalue weighted by Crippen LogP contribution is 2.35. The number of amides is 2. The minimum atomic E-state index is -4.91. The van der Waals surface area contributed by atoms with Gasteiger partial charge in [0, 0.05) is 6.54 Å². The third-order valence-electron chi connectivity index (χ3n) is 5.55.